The highest BCUT2D eigenvalue weighted by atomic mass is 32.1. The molecule has 1 saturated carbocycles. The molecule has 1 atom stereocenters. The first-order valence-electron chi connectivity index (χ1n) is 13.0. The van der Waals surface area contributed by atoms with E-state index in [0.717, 1.165) is 75.5 Å². The molecule has 2 N–H and O–H groups in total. The molecule has 0 aromatic carbocycles. The van der Waals surface area contributed by atoms with Crippen LogP contribution in [0.15, 0.2) is 24.0 Å². The van der Waals surface area contributed by atoms with Crippen molar-refractivity contribution in [2.24, 2.45) is 0 Å². The van der Waals surface area contributed by atoms with E-state index < -0.39 is 0 Å². The van der Waals surface area contributed by atoms with E-state index in [1.807, 2.05) is 16.5 Å². The van der Waals surface area contributed by atoms with Crippen molar-refractivity contribution < 1.29 is 9.90 Å². The van der Waals surface area contributed by atoms with Crippen LogP contribution >= 0.6 is 11.3 Å². The Morgan fingerprint density at radius 1 is 1.20 bits per heavy atom. The van der Waals surface area contributed by atoms with Crippen molar-refractivity contribution in [1.29, 1.82) is 0 Å². The van der Waals surface area contributed by atoms with Crippen molar-refractivity contribution in [3.63, 3.8) is 0 Å². The van der Waals surface area contributed by atoms with Crippen molar-refractivity contribution >= 4 is 34.2 Å². The smallest absolute Gasteiger partial charge is 0.282 e. The molecule has 1 aliphatic carbocycles. The summed E-state index contributed by atoms with van der Waals surface area (Å²) in [6.45, 7) is 5.83. The van der Waals surface area contributed by atoms with Gasteiger partial charge in [0, 0.05) is 54.5 Å². The minimum atomic E-state index is -0.186. The zero-order chi connectivity index (χ0) is 24.4. The largest absolute Gasteiger partial charge is 0.393 e. The lowest BCUT2D eigenvalue weighted by molar-refractivity contribution is 0.0712. The van der Waals surface area contributed by atoms with Gasteiger partial charge in [-0.15, -0.1) is 11.3 Å². The maximum absolute atomic E-state index is 12.7. The van der Waals surface area contributed by atoms with E-state index in [-0.39, 0.29) is 12.0 Å². The van der Waals surface area contributed by atoms with E-state index in [1.54, 1.807) is 6.20 Å². The summed E-state index contributed by atoms with van der Waals surface area (Å²) in [6.07, 6.45) is 13.4. The van der Waals surface area contributed by atoms with Gasteiger partial charge < -0.3 is 19.9 Å². The number of piperidine rings is 1. The van der Waals surface area contributed by atoms with Crippen molar-refractivity contribution in [2.75, 3.05) is 18.4 Å². The normalized spacial score (nSPS) is 22.4. The predicted octanol–water partition coefficient (Wildman–Crippen LogP) is 4.98. The SMILES string of the molecule is CCC[C@H](C)Nc1ncc2c(C3CCN(C(=O)c4nccs4)CC3)cn([C@H]3CC[C@H](O)CC3)c2n1. The second-order valence-electron chi connectivity index (χ2n) is 10.1. The van der Waals surface area contributed by atoms with Gasteiger partial charge in [-0.2, -0.15) is 4.98 Å². The standard InChI is InChI=1S/C26H36N6O2S/c1-3-4-17(2)29-26-28-15-21-22(16-32(23(21)30-26)19-5-7-20(33)8-6-19)18-9-12-31(13-10-18)25(34)24-27-11-14-35-24/h11,14-20,33H,3-10,12-13H2,1-2H3,(H,28,29,30)/t17-,19-,20-/m0/s1. The van der Waals surface area contributed by atoms with Crippen LogP contribution in [-0.4, -0.2) is 60.7 Å². The summed E-state index contributed by atoms with van der Waals surface area (Å²) in [6, 6.07) is 0.668. The number of rotatable bonds is 7. The fourth-order valence-electron chi connectivity index (χ4n) is 5.65. The summed E-state index contributed by atoms with van der Waals surface area (Å²) in [4.78, 5) is 28.6. The predicted molar refractivity (Wildman–Crippen MR) is 139 cm³/mol. The Labute approximate surface area is 210 Å². The lowest BCUT2D eigenvalue weighted by Gasteiger charge is -2.31. The van der Waals surface area contributed by atoms with Crippen LogP contribution in [0, 0.1) is 0 Å². The summed E-state index contributed by atoms with van der Waals surface area (Å²) >= 11 is 1.41. The number of aliphatic hydroxyl groups is 1. The van der Waals surface area contributed by atoms with Gasteiger partial charge in [0.2, 0.25) is 5.95 Å². The van der Waals surface area contributed by atoms with E-state index in [4.69, 9.17) is 4.98 Å². The zero-order valence-electron chi connectivity index (χ0n) is 20.7. The van der Waals surface area contributed by atoms with E-state index in [9.17, 15) is 9.90 Å². The number of carbonyl (C=O) groups excluding carboxylic acids is 1. The molecule has 1 aliphatic heterocycles. The number of amides is 1. The molecule has 188 valence electrons. The van der Waals surface area contributed by atoms with Gasteiger partial charge in [-0.25, -0.2) is 9.97 Å². The molecule has 0 unspecified atom stereocenters. The summed E-state index contributed by atoms with van der Waals surface area (Å²) < 4.78 is 2.35. The van der Waals surface area contributed by atoms with Gasteiger partial charge in [0.05, 0.1) is 6.10 Å². The first-order valence-corrected chi connectivity index (χ1v) is 13.9. The van der Waals surface area contributed by atoms with Crippen LogP contribution in [0.25, 0.3) is 11.0 Å². The van der Waals surface area contributed by atoms with Crippen LogP contribution in [0.2, 0.25) is 0 Å². The topological polar surface area (TPSA) is 96.2 Å². The highest BCUT2D eigenvalue weighted by Gasteiger charge is 2.30. The molecule has 3 aromatic rings. The van der Waals surface area contributed by atoms with E-state index >= 15 is 0 Å². The molecule has 0 bridgehead atoms. The van der Waals surface area contributed by atoms with Gasteiger partial charge >= 0.3 is 0 Å². The molecule has 2 aliphatic rings. The first kappa shape index (κ1) is 24.2. The zero-order valence-corrected chi connectivity index (χ0v) is 21.5. The monoisotopic (exact) mass is 496 g/mol. The summed E-state index contributed by atoms with van der Waals surface area (Å²) in [5, 5.41) is 17.1. The Morgan fingerprint density at radius 2 is 1.97 bits per heavy atom. The lowest BCUT2D eigenvalue weighted by atomic mass is 9.89. The van der Waals surface area contributed by atoms with E-state index in [0.29, 0.717) is 29.0 Å². The number of thiazole rings is 1. The number of likely N-dealkylation sites (tertiary alicyclic amines) is 1. The van der Waals surface area contributed by atoms with Crippen molar-refractivity contribution in [1.82, 2.24) is 24.4 Å². The Kier molecular flexibility index (Phi) is 7.34. The van der Waals surface area contributed by atoms with Crippen LogP contribution in [0.3, 0.4) is 0 Å². The van der Waals surface area contributed by atoms with Crippen molar-refractivity contribution in [2.45, 2.75) is 89.3 Å². The van der Waals surface area contributed by atoms with Crippen molar-refractivity contribution in [3.05, 3.63) is 34.5 Å². The molecule has 2 fully saturated rings. The van der Waals surface area contributed by atoms with Crippen LogP contribution in [0.5, 0.6) is 0 Å². The van der Waals surface area contributed by atoms with Crippen LogP contribution in [0.4, 0.5) is 5.95 Å². The molecule has 4 heterocycles. The highest BCUT2D eigenvalue weighted by Crippen LogP contribution is 2.38. The fraction of sp³-hybridized carbons (Fsp3) is 0.615. The number of nitrogens with zero attached hydrogens (tertiary/aromatic N) is 5. The maximum Gasteiger partial charge on any atom is 0.282 e. The molecule has 9 heteroatoms. The fourth-order valence-corrected chi connectivity index (χ4v) is 6.25. The highest BCUT2D eigenvalue weighted by molar-refractivity contribution is 7.11. The van der Waals surface area contributed by atoms with Gasteiger partial charge in [0.1, 0.15) is 5.65 Å². The number of aromatic nitrogens is 4. The molecule has 35 heavy (non-hydrogen) atoms. The van der Waals surface area contributed by atoms with Gasteiger partial charge in [0.25, 0.3) is 5.91 Å². The van der Waals surface area contributed by atoms with Gasteiger partial charge in [-0.3, -0.25) is 4.79 Å². The average molecular weight is 497 g/mol. The average Bonchev–Trinajstić information content (AvgIpc) is 3.53. The number of hydrogen-bond acceptors (Lipinski definition) is 7. The van der Waals surface area contributed by atoms with Crippen LogP contribution < -0.4 is 5.32 Å². The first-order chi connectivity index (χ1) is 17.0. The third-order valence-corrected chi connectivity index (χ3v) is 8.36. The van der Waals surface area contributed by atoms with E-state index in [1.165, 1.54) is 16.9 Å². The van der Waals surface area contributed by atoms with Crippen LogP contribution in [0.1, 0.15) is 92.5 Å². The molecular weight excluding hydrogens is 460 g/mol. The number of aliphatic hydroxyl groups excluding tert-OH is 1. The Balaban J connectivity index is 1.40. The minimum Gasteiger partial charge on any atom is -0.393 e. The third kappa shape index (κ3) is 5.21. The lowest BCUT2D eigenvalue weighted by Crippen LogP contribution is -2.37. The second-order valence-corrected chi connectivity index (χ2v) is 11.0. The van der Waals surface area contributed by atoms with Crippen molar-refractivity contribution in [3.8, 4) is 0 Å². The van der Waals surface area contributed by atoms with Gasteiger partial charge in [0.15, 0.2) is 5.01 Å². The molecule has 3 aromatic heterocycles. The summed E-state index contributed by atoms with van der Waals surface area (Å²) in [5.74, 6) is 1.10. The molecule has 5 rings (SSSR count). The summed E-state index contributed by atoms with van der Waals surface area (Å²) in [7, 11) is 0. The number of hydrogen-bond donors (Lipinski definition) is 2. The third-order valence-electron chi connectivity index (χ3n) is 7.60. The number of anilines is 1. The Morgan fingerprint density at radius 3 is 2.66 bits per heavy atom. The van der Waals surface area contributed by atoms with Gasteiger partial charge in [-0.1, -0.05) is 13.3 Å². The number of carbonyl (C=O) groups is 1. The quantitative estimate of drug-likeness (QED) is 0.479. The molecule has 1 saturated heterocycles. The molecule has 0 spiro atoms. The second kappa shape index (κ2) is 10.6. The molecule has 0 radical (unpaired) electrons. The number of nitrogens with one attached hydrogen (secondary N) is 1. The maximum atomic E-state index is 12.7. The number of fused-ring (bicyclic) bond motifs is 1. The van der Waals surface area contributed by atoms with E-state index in [2.05, 4.69) is 39.9 Å². The van der Waals surface area contributed by atoms with Crippen LogP contribution in [-0.2, 0) is 0 Å². The van der Waals surface area contributed by atoms with Gasteiger partial charge in [-0.05, 0) is 63.4 Å². The Hall–Kier alpha value is -2.52. The molecule has 1 amide bonds. The molecular formula is C26H36N6O2S. The molecule has 8 nitrogen and oxygen atoms in total. The Bertz CT molecular complexity index is 1130. The summed E-state index contributed by atoms with van der Waals surface area (Å²) in [5.41, 5.74) is 2.28. The minimum absolute atomic E-state index is 0.0434.